The topological polar surface area (TPSA) is 12.5 Å². The summed E-state index contributed by atoms with van der Waals surface area (Å²) in [7, 11) is 3.49. The van der Waals surface area contributed by atoms with Crippen molar-refractivity contribution in [3.05, 3.63) is 49.0 Å². The van der Waals surface area contributed by atoms with Crippen molar-refractivity contribution >= 4 is 0 Å². The number of nitrogens with zero attached hydrogens (tertiary/aromatic N) is 1. The first-order chi connectivity index (χ1) is 5.99. The van der Waals surface area contributed by atoms with E-state index in [9.17, 15) is 0 Å². The number of rotatable bonds is 5. The number of ether oxygens (including phenoxy) is 1. The molecule has 13 heavy (non-hydrogen) atoms. The second-order valence-corrected chi connectivity index (χ2v) is 2.79. The second kappa shape index (κ2) is 5.25. The summed E-state index contributed by atoms with van der Waals surface area (Å²) in [5.41, 5.74) is 1.79. The summed E-state index contributed by atoms with van der Waals surface area (Å²) in [6, 6.07) is 0. The van der Waals surface area contributed by atoms with Crippen LogP contribution in [0.4, 0.5) is 0 Å². The maximum Gasteiger partial charge on any atom is 0.111 e. The van der Waals surface area contributed by atoms with Crippen molar-refractivity contribution < 1.29 is 4.74 Å². The largest absolute Gasteiger partial charge is 0.497 e. The quantitative estimate of drug-likeness (QED) is 0.475. The molecule has 0 amide bonds. The SMILES string of the molecule is C=C(/C=C\C(=C)N(C)C(=C)C)OC. The van der Waals surface area contributed by atoms with Crippen LogP contribution in [0, 0.1) is 0 Å². The fraction of sp³-hybridized carbons (Fsp3) is 0.273. The Balaban J connectivity index is 4.23. The van der Waals surface area contributed by atoms with Gasteiger partial charge in [0.1, 0.15) is 5.76 Å². The average Bonchev–Trinajstić information content (AvgIpc) is 2.11. The zero-order valence-corrected chi connectivity index (χ0v) is 8.63. The fourth-order valence-electron chi connectivity index (χ4n) is 0.614. The van der Waals surface area contributed by atoms with Gasteiger partial charge < -0.3 is 9.64 Å². The van der Waals surface area contributed by atoms with Gasteiger partial charge in [0, 0.05) is 18.4 Å². The molecule has 0 fully saturated rings. The van der Waals surface area contributed by atoms with Crippen molar-refractivity contribution in [3.63, 3.8) is 0 Å². The van der Waals surface area contributed by atoms with Crippen molar-refractivity contribution in [2.24, 2.45) is 0 Å². The summed E-state index contributed by atoms with van der Waals surface area (Å²) in [5.74, 6) is 0.608. The summed E-state index contributed by atoms with van der Waals surface area (Å²) in [4.78, 5) is 1.89. The second-order valence-electron chi connectivity index (χ2n) is 2.79. The first-order valence-electron chi connectivity index (χ1n) is 3.98. The van der Waals surface area contributed by atoms with E-state index in [1.54, 1.807) is 13.2 Å². The van der Waals surface area contributed by atoms with Crippen molar-refractivity contribution in [3.8, 4) is 0 Å². The molecule has 0 aromatic heterocycles. The molecule has 0 aliphatic heterocycles. The maximum absolute atomic E-state index is 4.88. The highest BCUT2D eigenvalue weighted by Crippen LogP contribution is 2.08. The summed E-state index contributed by atoms with van der Waals surface area (Å²) in [6.45, 7) is 13.2. The van der Waals surface area contributed by atoms with Crippen LogP contribution in [0.5, 0.6) is 0 Å². The summed E-state index contributed by atoms with van der Waals surface area (Å²) >= 11 is 0. The molecule has 0 heterocycles. The van der Waals surface area contributed by atoms with E-state index >= 15 is 0 Å². The molecule has 0 radical (unpaired) electrons. The predicted octanol–water partition coefficient (Wildman–Crippen LogP) is 2.68. The monoisotopic (exact) mass is 179 g/mol. The number of hydrogen-bond acceptors (Lipinski definition) is 2. The molecule has 0 aromatic carbocycles. The number of allylic oxidation sites excluding steroid dienone is 3. The molecule has 0 atom stereocenters. The van der Waals surface area contributed by atoms with E-state index < -0.39 is 0 Å². The van der Waals surface area contributed by atoms with Gasteiger partial charge in [0.2, 0.25) is 0 Å². The zero-order valence-electron chi connectivity index (χ0n) is 8.63. The van der Waals surface area contributed by atoms with Crippen LogP contribution in [0.2, 0.25) is 0 Å². The van der Waals surface area contributed by atoms with Gasteiger partial charge in [-0.15, -0.1) is 0 Å². The minimum Gasteiger partial charge on any atom is -0.497 e. The molecule has 0 bridgehead atoms. The zero-order chi connectivity index (χ0) is 10.4. The molecular weight excluding hydrogens is 162 g/mol. The van der Waals surface area contributed by atoms with Crippen LogP contribution in [0.1, 0.15) is 6.92 Å². The molecule has 0 saturated carbocycles. The predicted molar refractivity (Wildman–Crippen MR) is 57.0 cm³/mol. The van der Waals surface area contributed by atoms with E-state index in [-0.39, 0.29) is 0 Å². The molecule has 2 heteroatoms. The van der Waals surface area contributed by atoms with Crippen LogP contribution in [0.25, 0.3) is 0 Å². The lowest BCUT2D eigenvalue weighted by Crippen LogP contribution is -2.11. The third-order valence-corrected chi connectivity index (χ3v) is 1.73. The fourth-order valence-corrected chi connectivity index (χ4v) is 0.614. The molecule has 2 nitrogen and oxygen atoms in total. The van der Waals surface area contributed by atoms with E-state index in [4.69, 9.17) is 4.74 Å². The van der Waals surface area contributed by atoms with E-state index in [0.717, 1.165) is 11.4 Å². The Kier molecular flexibility index (Phi) is 4.67. The van der Waals surface area contributed by atoms with Gasteiger partial charge >= 0.3 is 0 Å². The Morgan fingerprint density at radius 3 is 2.15 bits per heavy atom. The van der Waals surface area contributed by atoms with Crippen LogP contribution in [-0.4, -0.2) is 19.1 Å². The lowest BCUT2D eigenvalue weighted by Gasteiger charge is -2.18. The van der Waals surface area contributed by atoms with E-state index in [1.807, 2.05) is 24.9 Å². The molecule has 0 aliphatic carbocycles. The first-order valence-corrected chi connectivity index (χ1v) is 3.98. The lowest BCUT2D eigenvalue weighted by atomic mass is 10.3. The van der Waals surface area contributed by atoms with Crippen LogP contribution < -0.4 is 0 Å². The highest BCUT2D eigenvalue weighted by atomic mass is 16.5. The van der Waals surface area contributed by atoms with E-state index in [1.165, 1.54) is 0 Å². The third-order valence-electron chi connectivity index (χ3n) is 1.73. The van der Waals surface area contributed by atoms with E-state index in [2.05, 4.69) is 19.7 Å². The highest BCUT2D eigenvalue weighted by Gasteiger charge is 1.97. The standard InChI is InChI=1S/C11H17NO/c1-9(2)12(5)10(3)7-8-11(4)13-6/h7-8H,1,3-4H2,2,5-6H3/b8-7-. The average molecular weight is 179 g/mol. The Morgan fingerprint density at radius 2 is 1.77 bits per heavy atom. The third kappa shape index (κ3) is 4.21. The van der Waals surface area contributed by atoms with Crippen molar-refractivity contribution in [2.45, 2.75) is 6.92 Å². The summed E-state index contributed by atoms with van der Waals surface area (Å²) < 4.78 is 4.88. The maximum atomic E-state index is 4.88. The summed E-state index contributed by atoms with van der Waals surface area (Å²) in [6.07, 6.45) is 3.60. The molecule has 0 N–H and O–H groups in total. The lowest BCUT2D eigenvalue weighted by molar-refractivity contribution is 0.308. The van der Waals surface area contributed by atoms with E-state index in [0.29, 0.717) is 5.76 Å². The minimum atomic E-state index is 0.608. The van der Waals surface area contributed by atoms with Gasteiger partial charge in [-0.25, -0.2) is 0 Å². The Morgan fingerprint density at radius 1 is 1.23 bits per heavy atom. The normalized spacial score (nSPS) is 9.77. The Bertz CT molecular complexity index is 251. The smallest absolute Gasteiger partial charge is 0.111 e. The first kappa shape index (κ1) is 11.6. The van der Waals surface area contributed by atoms with Gasteiger partial charge in [-0.1, -0.05) is 19.7 Å². The molecular formula is C11H17NO. The van der Waals surface area contributed by atoms with Gasteiger partial charge in [0.15, 0.2) is 0 Å². The van der Waals surface area contributed by atoms with Crippen LogP contribution >= 0.6 is 0 Å². The van der Waals surface area contributed by atoms with Gasteiger partial charge in [0.25, 0.3) is 0 Å². The van der Waals surface area contributed by atoms with Gasteiger partial charge in [-0.3, -0.25) is 0 Å². The number of hydrogen-bond donors (Lipinski definition) is 0. The van der Waals surface area contributed by atoms with Gasteiger partial charge in [-0.2, -0.15) is 0 Å². The molecule has 0 unspecified atom stereocenters. The summed E-state index contributed by atoms with van der Waals surface area (Å²) in [5, 5.41) is 0. The van der Waals surface area contributed by atoms with Crippen molar-refractivity contribution in [1.29, 1.82) is 0 Å². The molecule has 0 rings (SSSR count). The molecule has 72 valence electrons. The number of likely N-dealkylation sites (N-methyl/N-ethyl adjacent to an activating group) is 1. The Labute approximate surface area is 80.5 Å². The van der Waals surface area contributed by atoms with Crippen LogP contribution in [0.15, 0.2) is 49.0 Å². The van der Waals surface area contributed by atoms with Crippen molar-refractivity contribution in [2.75, 3.05) is 14.2 Å². The van der Waals surface area contributed by atoms with Crippen molar-refractivity contribution in [1.82, 2.24) is 4.90 Å². The number of methoxy groups -OCH3 is 1. The molecule has 0 aliphatic rings. The highest BCUT2D eigenvalue weighted by molar-refractivity contribution is 5.22. The van der Waals surface area contributed by atoms with Crippen LogP contribution in [-0.2, 0) is 4.74 Å². The molecule has 0 saturated heterocycles. The van der Waals surface area contributed by atoms with Gasteiger partial charge in [0.05, 0.1) is 7.11 Å². The van der Waals surface area contributed by atoms with Crippen LogP contribution in [0.3, 0.4) is 0 Å². The van der Waals surface area contributed by atoms with Gasteiger partial charge in [-0.05, 0) is 19.1 Å². The minimum absolute atomic E-state index is 0.608. The molecule has 0 aromatic rings. The molecule has 0 spiro atoms. The Hall–Kier alpha value is -1.44.